The van der Waals surface area contributed by atoms with Gasteiger partial charge in [0.2, 0.25) is 0 Å². The molecule has 104 valence electrons. The summed E-state index contributed by atoms with van der Waals surface area (Å²) in [5.74, 6) is 0.793. The van der Waals surface area contributed by atoms with E-state index >= 15 is 0 Å². The Morgan fingerprint density at radius 2 is 2.20 bits per heavy atom. The zero-order valence-corrected chi connectivity index (χ0v) is 11.8. The zero-order valence-electron chi connectivity index (χ0n) is 11.8. The first-order valence-corrected chi connectivity index (χ1v) is 6.89. The van der Waals surface area contributed by atoms with E-state index in [9.17, 15) is 4.79 Å². The molecule has 0 fully saturated rings. The number of fused-ring (bicyclic) bond motifs is 1. The number of ether oxygens (including phenoxy) is 1. The fourth-order valence-electron chi connectivity index (χ4n) is 2.79. The van der Waals surface area contributed by atoms with E-state index in [-0.39, 0.29) is 11.9 Å². The van der Waals surface area contributed by atoms with E-state index < -0.39 is 0 Å². The van der Waals surface area contributed by atoms with Gasteiger partial charge in [0.1, 0.15) is 5.82 Å². The Balaban J connectivity index is 1.91. The molecule has 1 aliphatic heterocycles. The average molecular weight is 270 g/mol. The molecule has 0 radical (unpaired) electrons. The number of imidazole rings is 1. The second-order valence-corrected chi connectivity index (χ2v) is 5.26. The summed E-state index contributed by atoms with van der Waals surface area (Å²) in [6.07, 6.45) is 3.58. The molecule has 3 rings (SSSR count). The number of hydrogen-bond donors (Lipinski definition) is 0. The summed E-state index contributed by atoms with van der Waals surface area (Å²) in [4.78, 5) is 16.4. The summed E-state index contributed by atoms with van der Waals surface area (Å²) in [6, 6.07) is 8.23. The van der Waals surface area contributed by atoms with Crippen molar-refractivity contribution in [1.29, 1.82) is 0 Å². The molecule has 4 nitrogen and oxygen atoms in total. The number of carbonyl (C=O) groups is 1. The van der Waals surface area contributed by atoms with Crippen molar-refractivity contribution in [1.82, 2.24) is 9.55 Å². The molecular weight excluding hydrogens is 252 g/mol. The van der Waals surface area contributed by atoms with Gasteiger partial charge in [0.05, 0.1) is 18.7 Å². The Hall–Kier alpha value is -2.10. The van der Waals surface area contributed by atoms with E-state index in [1.807, 2.05) is 12.1 Å². The SMILES string of the molecule is COC(=O)C1CCn2cc(-c3ccccc3C)nc2C1. The van der Waals surface area contributed by atoms with Gasteiger partial charge in [0, 0.05) is 24.7 Å². The fourth-order valence-corrected chi connectivity index (χ4v) is 2.79. The minimum Gasteiger partial charge on any atom is -0.469 e. The maximum atomic E-state index is 11.6. The van der Waals surface area contributed by atoms with Gasteiger partial charge in [0.25, 0.3) is 0 Å². The van der Waals surface area contributed by atoms with E-state index in [1.165, 1.54) is 12.7 Å². The molecule has 20 heavy (non-hydrogen) atoms. The van der Waals surface area contributed by atoms with E-state index in [4.69, 9.17) is 9.72 Å². The van der Waals surface area contributed by atoms with E-state index in [2.05, 4.69) is 29.8 Å². The van der Waals surface area contributed by atoms with Gasteiger partial charge in [-0.15, -0.1) is 0 Å². The first-order valence-electron chi connectivity index (χ1n) is 6.89. The van der Waals surface area contributed by atoms with Crippen molar-refractivity contribution in [2.75, 3.05) is 7.11 Å². The van der Waals surface area contributed by atoms with Crippen molar-refractivity contribution >= 4 is 5.97 Å². The normalized spacial score (nSPS) is 17.6. The molecular formula is C16H18N2O2. The summed E-state index contributed by atoms with van der Waals surface area (Å²) >= 11 is 0. The quantitative estimate of drug-likeness (QED) is 0.788. The molecule has 0 spiro atoms. The predicted octanol–water partition coefficient (Wildman–Crippen LogP) is 2.59. The topological polar surface area (TPSA) is 44.1 Å². The highest BCUT2D eigenvalue weighted by molar-refractivity contribution is 5.72. The number of nitrogens with zero attached hydrogens (tertiary/aromatic N) is 2. The Morgan fingerprint density at radius 3 is 2.95 bits per heavy atom. The summed E-state index contributed by atoms with van der Waals surface area (Å²) < 4.78 is 6.99. The molecule has 1 aliphatic rings. The fraction of sp³-hybridized carbons (Fsp3) is 0.375. The maximum absolute atomic E-state index is 11.6. The third kappa shape index (κ3) is 2.22. The van der Waals surface area contributed by atoms with Gasteiger partial charge in [-0.05, 0) is 18.9 Å². The number of hydrogen-bond acceptors (Lipinski definition) is 3. The Kier molecular flexibility index (Phi) is 3.30. The van der Waals surface area contributed by atoms with Crippen LogP contribution in [0.5, 0.6) is 0 Å². The molecule has 4 heteroatoms. The standard InChI is InChI=1S/C16H18N2O2/c1-11-5-3-4-6-13(11)14-10-18-8-7-12(16(19)20-2)9-15(18)17-14/h3-6,10,12H,7-9H2,1-2H3. The van der Waals surface area contributed by atoms with Crippen LogP contribution < -0.4 is 0 Å². The maximum Gasteiger partial charge on any atom is 0.309 e. The number of aryl methyl sites for hydroxylation is 2. The second kappa shape index (κ2) is 5.12. The summed E-state index contributed by atoms with van der Waals surface area (Å²) in [6.45, 7) is 2.92. The molecule has 0 saturated carbocycles. The van der Waals surface area contributed by atoms with Crippen LogP contribution in [-0.4, -0.2) is 22.6 Å². The monoisotopic (exact) mass is 270 g/mol. The van der Waals surface area contributed by atoms with Crippen molar-refractivity contribution in [2.24, 2.45) is 5.92 Å². The molecule has 1 atom stereocenters. The lowest BCUT2D eigenvalue weighted by atomic mass is 9.98. The first kappa shape index (κ1) is 12.9. The van der Waals surface area contributed by atoms with Gasteiger partial charge in [0.15, 0.2) is 0 Å². The molecule has 0 amide bonds. The lowest BCUT2D eigenvalue weighted by Gasteiger charge is -2.20. The number of carbonyl (C=O) groups excluding carboxylic acids is 1. The van der Waals surface area contributed by atoms with Crippen LogP contribution in [-0.2, 0) is 22.5 Å². The van der Waals surface area contributed by atoms with Crippen LogP contribution in [0.2, 0.25) is 0 Å². The number of benzene rings is 1. The van der Waals surface area contributed by atoms with E-state index in [1.54, 1.807) is 0 Å². The number of aromatic nitrogens is 2. The molecule has 1 unspecified atom stereocenters. The van der Waals surface area contributed by atoms with Crippen molar-refractivity contribution in [3.05, 3.63) is 41.9 Å². The molecule has 2 aromatic rings. The predicted molar refractivity (Wildman–Crippen MR) is 76.2 cm³/mol. The summed E-state index contributed by atoms with van der Waals surface area (Å²) in [5, 5.41) is 0. The third-order valence-corrected chi connectivity index (χ3v) is 3.96. The van der Waals surface area contributed by atoms with Gasteiger partial charge in [-0.2, -0.15) is 0 Å². The van der Waals surface area contributed by atoms with Gasteiger partial charge in [-0.3, -0.25) is 4.79 Å². The van der Waals surface area contributed by atoms with Gasteiger partial charge >= 0.3 is 5.97 Å². The highest BCUT2D eigenvalue weighted by atomic mass is 16.5. The largest absolute Gasteiger partial charge is 0.469 e. The minimum absolute atomic E-state index is 0.0559. The molecule has 1 aromatic heterocycles. The van der Waals surface area contributed by atoms with Crippen LogP contribution in [0.15, 0.2) is 30.5 Å². The van der Waals surface area contributed by atoms with Crippen LogP contribution in [0.1, 0.15) is 17.8 Å². The molecule has 0 N–H and O–H groups in total. The number of methoxy groups -OCH3 is 1. The van der Waals surface area contributed by atoms with E-state index in [0.717, 1.165) is 30.0 Å². The van der Waals surface area contributed by atoms with Crippen LogP contribution in [0.3, 0.4) is 0 Å². The third-order valence-electron chi connectivity index (χ3n) is 3.96. The average Bonchev–Trinajstić information content (AvgIpc) is 2.89. The Bertz CT molecular complexity index is 646. The van der Waals surface area contributed by atoms with Crippen molar-refractivity contribution in [2.45, 2.75) is 26.3 Å². The highest BCUT2D eigenvalue weighted by Gasteiger charge is 2.27. The molecule has 0 bridgehead atoms. The van der Waals surface area contributed by atoms with Crippen molar-refractivity contribution in [3.63, 3.8) is 0 Å². The minimum atomic E-state index is -0.128. The lowest BCUT2D eigenvalue weighted by Crippen LogP contribution is -2.26. The van der Waals surface area contributed by atoms with Crippen LogP contribution >= 0.6 is 0 Å². The van der Waals surface area contributed by atoms with Gasteiger partial charge < -0.3 is 9.30 Å². The first-order chi connectivity index (χ1) is 9.69. The lowest BCUT2D eigenvalue weighted by molar-refractivity contribution is -0.146. The smallest absolute Gasteiger partial charge is 0.309 e. The Labute approximate surface area is 118 Å². The van der Waals surface area contributed by atoms with E-state index in [0.29, 0.717) is 6.42 Å². The van der Waals surface area contributed by atoms with Crippen molar-refractivity contribution in [3.8, 4) is 11.3 Å². The number of esters is 1. The van der Waals surface area contributed by atoms with Gasteiger partial charge in [-0.25, -0.2) is 4.98 Å². The summed E-state index contributed by atoms with van der Waals surface area (Å²) in [7, 11) is 1.45. The van der Waals surface area contributed by atoms with Crippen LogP contribution in [0.4, 0.5) is 0 Å². The van der Waals surface area contributed by atoms with Crippen LogP contribution in [0.25, 0.3) is 11.3 Å². The highest BCUT2D eigenvalue weighted by Crippen LogP contribution is 2.27. The van der Waals surface area contributed by atoms with Crippen LogP contribution in [0, 0.1) is 12.8 Å². The number of rotatable bonds is 2. The van der Waals surface area contributed by atoms with Gasteiger partial charge in [-0.1, -0.05) is 24.3 Å². The zero-order chi connectivity index (χ0) is 14.1. The van der Waals surface area contributed by atoms with Crippen molar-refractivity contribution < 1.29 is 9.53 Å². The molecule has 0 saturated heterocycles. The Morgan fingerprint density at radius 1 is 1.40 bits per heavy atom. The summed E-state index contributed by atoms with van der Waals surface area (Å²) in [5.41, 5.74) is 3.36. The second-order valence-electron chi connectivity index (χ2n) is 5.26. The molecule has 2 heterocycles. The molecule has 0 aliphatic carbocycles. The molecule has 1 aromatic carbocycles.